The number of carbonyl (C=O) groups is 1. The number of hydrogen-bond acceptors (Lipinski definition) is 3. The van der Waals surface area contributed by atoms with Gasteiger partial charge >= 0.3 is 0 Å². The summed E-state index contributed by atoms with van der Waals surface area (Å²) in [4.78, 5) is 10.4. The Morgan fingerprint density at radius 2 is 2.56 bits per heavy atom. The van der Waals surface area contributed by atoms with Crippen molar-refractivity contribution >= 4 is 5.91 Å². The zero-order valence-electron chi connectivity index (χ0n) is 5.09. The zero-order chi connectivity index (χ0) is 6.69. The standard InChI is InChI=1S/C5H10N2O2/c6-5(8)4-3-7-1-2-9-4/h4,7H,1-3H2,(H2,6,8)/t4-/m0/s1. The average Bonchev–Trinajstić information content (AvgIpc) is 1.90. The Bertz CT molecular complexity index is 110. The highest BCUT2D eigenvalue weighted by Crippen LogP contribution is 1.92. The second-order valence-electron chi connectivity index (χ2n) is 1.97. The predicted octanol–water partition coefficient (Wildman–Crippen LogP) is -1.54. The molecular weight excluding hydrogens is 120 g/mol. The molecule has 1 aliphatic heterocycles. The van der Waals surface area contributed by atoms with E-state index in [1.54, 1.807) is 0 Å². The van der Waals surface area contributed by atoms with Gasteiger partial charge in [-0.05, 0) is 0 Å². The van der Waals surface area contributed by atoms with Crippen LogP contribution in [-0.4, -0.2) is 31.7 Å². The summed E-state index contributed by atoms with van der Waals surface area (Å²) in [5, 5.41) is 2.99. The molecule has 4 heteroatoms. The molecular formula is C5H10N2O2. The topological polar surface area (TPSA) is 64.4 Å². The normalized spacial score (nSPS) is 27.8. The SMILES string of the molecule is NC(=O)[C@@H]1CNCCO1. The van der Waals surface area contributed by atoms with Crippen LogP contribution in [0.2, 0.25) is 0 Å². The minimum absolute atomic E-state index is 0.387. The molecule has 0 radical (unpaired) electrons. The van der Waals surface area contributed by atoms with Crippen LogP contribution in [0.15, 0.2) is 0 Å². The van der Waals surface area contributed by atoms with E-state index in [-0.39, 0.29) is 5.91 Å². The van der Waals surface area contributed by atoms with Crippen LogP contribution in [0.5, 0.6) is 0 Å². The van der Waals surface area contributed by atoms with Gasteiger partial charge in [0, 0.05) is 13.1 Å². The van der Waals surface area contributed by atoms with Gasteiger partial charge in [0.05, 0.1) is 6.61 Å². The number of nitrogens with one attached hydrogen (secondary N) is 1. The Morgan fingerprint density at radius 3 is 2.89 bits per heavy atom. The zero-order valence-corrected chi connectivity index (χ0v) is 5.09. The van der Waals surface area contributed by atoms with Gasteiger partial charge in [0.1, 0.15) is 6.10 Å². The summed E-state index contributed by atoms with van der Waals surface area (Å²) in [6, 6.07) is 0. The van der Waals surface area contributed by atoms with E-state index in [0.29, 0.717) is 13.2 Å². The Kier molecular flexibility index (Phi) is 2.02. The molecule has 0 aliphatic carbocycles. The molecule has 4 nitrogen and oxygen atoms in total. The van der Waals surface area contributed by atoms with Crippen molar-refractivity contribution in [1.29, 1.82) is 0 Å². The smallest absolute Gasteiger partial charge is 0.247 e. The van der Waals surface area contributed by atoms with Gasteiger partial charge in [-0.3, -0.25) is 4.79 Å². The first-order valence-electron chi connectivity index (χ1n) is 2.92. The number of nitrogens with two attached hydrogens (primary N) is 1. The monoisotopic (exact) mass is 130 g/mol. The number of morpholine rings is 1. The average molecular weight is 130 g/mol. The summed E-state index contributed by atoms with van der Waals surface area (Å²) in [5.41, 5.74) is 4.96. The van der Waals surface area contributed by atoms with Crippen LogP contribution >= 0.6 is 0 Å². The molecule has 0 bridgehead atoms. The van der Waals surface area contributed by atoms with Gasteiger partial charge in [-0.15, -0.1) is 0 Å². The molecule has 1 saturated heterocycles. The number of primary amides is 1. The molecule has 3 N–H and O–H groups in total. The predicted molar refractivity (Wildman–Crippen MR) is 31.8 cm³/mol. The van der Waals surface area contributed by atoms with Gasteiger partial charge in [0.25, 0.3) is 0 Å². The Balaban J connectivity index is 2.31. The minimum Gasteiger partial charge on any atom is -0.367 e. The summed E-state index contributed by atoms with van der Waals surface area (Å²) in [7, 11) is 0. The van der Waals surface area contributed by atoms with E-state index in [1.165, 1.54) is 0 Å². The molecule has 0 aromatic heterocycles. The van der Waals surface area contributed by atoms with Crippen molar-refractivity contribution in [2.45, 2.75) is 6.10 Å². The maximum atomic E-state index is 10.4. The van der Waals surface area contributed by atoms with Crippen molar-refractivity contribution in [3.8, 4) is 0 Å². The number of rotatable bonds is 1. The summed E-state index contributed by atoms with van der Waals surface area (Å²) in [5.74, 6) is -0.387. The third-order valence-electron chi connectivity index (χ3n) is 1.24. The molecule has 1 heterocycles. The lowest BCUT2D eigenvalue weighted by molar-refractivity contribution is -0.130. The first-order chi connectivity index (χ1) is 4.30. The molecule has 52 valence electrons. The molecule has 1 aliphatic rings. The van der Waals surface area contributed by atoms with Crippen molar-refractivity contribution in [2.24, 2.45) is 5.73 Å². The van der Waals surface area contributed by atoms with Crippen molar-refractivity contribution in [3.63, 3.8) is 0 Å². The van der Waals surface area contributed by atoms with E-state index >= 15 is 0 Å². The van der Waals surface area contributed by atoms with Gasteiger partial charge in [-0.2, -0.15) is 0 Å². The van der Waals surface area contributed by atoms with Crippen molar-refractivity contribution < 1.29 is 9.53 Å². The summed E-state index contributed by atoms with van der Waals surface area (Å²) in [6.07, 6.45) is -0.418. The number of ether oxygens (including phenoxy) is 1. The Morgan fingerprint density at radius 1 is 1.78 bits per heavy atom. The Labute approximate surface area is 53.4 Å². The third-order valence-corrected chi connectivity index (χ3v) is 1.24. The van der Waals surface area contributed by atoms with Crippen LogP contribution in [0.25, 0.3) is 0 Å². The molecule has 9 heavy (non-hydrogen) atoms. The van der Waals surface area contributed by atoms with E-state index in [0.717, 1.165) is 6.54 Å². The molecule has 0 spiro atoms. The van der Waals surface area contributed by atoms with Gasteiger partial charge < -0.3 is 15.8 Å². The van der Waals surface area contributed by atoms with E-state index < -0.39 is 6.10 Å². The van der Waals surface area contributed by atoms with Crippen molar-refractivity contribution in [1.82, 2.24) is 5.32 Å². The number of amides is 1. The van der Waals surface area contributed by atoms with Crippen molar-refractivity contribution in [3.05, 3.63) is 0 Å². The molecule has 1 rings (SSSR count). The van der Waals surface area contributed by atoms with E-state index in [2.05, 4.69) is 5.32 Å². The van der Waals surface area contributed by atoms with Crippen LogP contribution in [0, 0.1) is 0 Å². The molecule has 0 saturated carbocycles. The van der Waals surface area contributed by atoms with Crippen LogP contribution in [0.4, 0.5) is 0 Å². The van der Waals surface area contributed by atoms with Crippen LogP contribution in [-0.2, 0) is 9.53 Å². The Hall–Kier alpha value is -0.610. The highest BCUT2D eigenvalue weighted by Gasteiger charge is 2.17. The first-order valence-corrected chi connectivity index (χ1v) is 2.92. The lowest BCUT2D eigenvalue weighted by atomic mass is 10.3. The number of hydrogen-bond donors (Lipinski definition) is 2. The summed E-state index contributed by atoms with van der Waals surface area (Å²) in [6.45, 7) is 1.94. The molecule has 1 fully saturated rings. The highest BCUT2D eigenvalue weighted by atomic mass is 16.5. The van der Waals surface area contributed by atoms with E-state index in [1.807, 2.05) is 0 Å². The fourth-order valence-electron chi connectivity index (χ4n) is 0.748. The highest BCUT2D eigenvalue weighted by molar-refractivity contribution is 5.79. The maximum absolute atomic E-state index is 10.4. The minimum atomic E-state index is -0.418. The maximum Gasteiger partial charge on any atom is 0.247 e. The first kappa shape index (κ1) is 6.51. The molecule has 1 atom stereocenters. The molecule has 1 amide bonds. The number of carbonyl (C=O) groups excluding carboxylic acids is 1. The molecule has 0 aromatic carbocycles. The van der Waals surface area contributed by atoms with Gasteiger partial charge in [-0.25, -0.2) is 0 Å². The lowest BCUT2D eigenvalue weighted by Gasteiger charge is -2.20. The van der Waals surface area contributed by atoms with Gasteiger partial charge in [0.2, 0.25) is 5.91 Å². The van der Waals surface area contributed by atoms with Crippen LogP contribution in [0.3, 0.4) is 0 Å². The van der Waals surface area contributed by atoms with Gasteiger partial charge in [-0.1, -0.05) is 0 Å². The second kappa shape index (κ2) is 2.80. The van der Waals surface area contributed by atoms with E-state index in [4.69, 9.17) is 10.5 Å². The largest absolute Gasteiger partial charge is 0.367 e. The fraction of sp³-hybridized carbons (Fsp3) is 0.800. The van der Waals surface area contributed by atoms with Gasteiger partial charge in [0.15, 0.2) is 0 Å². The lowest BCUT2D eigenvalue weighted by Crippen LogP contribution is -2.45. The molecule has 0 unspecified atom stereocenters. The quantitative estimate of drug-likeness (QED) is 0.452. The summed E-state index contributed by atoms with van der Waals surface area (Å²) < 4.78 is 5.00. The van der Waals surface area contributed by atoms with E-state index in [9.17, 15) is 4.79 Å². The fourth-order valence-corrected chi connectivity index (χ4v) is 0.748. The van der Waals surface area contributed by atoms with Crippen LogP contribution < -0.4 is 11.1 Å². The second-order valence-corrected chi connectivity index (χ2v) is 1.97. The summed E-state index contributed by atoms with van der Waals surface area (Å²) >= 11 is 0. The molecule has 0 aromatic rings. The van der Waals surface area contributed by atoms with Crippen LogP contribution in [0.1, 0.15) is 0 Å². The third kappa shape index (κ3) is 1.65. The van der Waals surface area contributed by atoms with Crippen molar-refractivity contribution in [2.75, 3.05) is 19.7 Å².